The second-order valence-electron chi connectivity index (χ2n) is 4.86. The average Bonchev–Trinajstić information content (AvgIpc) is 2.89. The van der Waals surface area contributed by atoms with Gasteiger partial charge in [0.2, 0.25) is 5.91 Å². The van der Waals surface area contributed by atoms with Crippen LogP contribution in [0.25, 0.3) is 0 Å². The Hall–Kier alpha value is -1.92. The fourth-order valence-electron chi connectivity index (χ4n) is 2.52. The highest BCUT2D eigenvalue weighted by Crippen LogP contribution is 2.24. The van der Waals surface area contributed by atoms with Crippen molar-refractivity contribution in [2.24, 2.45) is 5.10 Å². The molecule has 0 saturated heterocycles. The van der Waals surface area contributed by atoms with Gasteiger partial charge < -0.3 is 10.0 Å². The number of carbonyl (C=O) groups is 3. The summed E-state index contributed by atoms with van der Waals surface area (Å²) in [4.78, 5) is 35.6. The molecule has 2 N–H and O–H groups in total. The molecule has 2 amide bonds. The normalized spacial score (nSPS) is 19.8. The molecule has 0 spiro atoms. The Morgan fingerprint density at radius 2 is 2.00 bits per heavy atom. The van der Waals surface area contributed by atoms with Crippen LogP contribution < -0.4 is 5.43 Å². The topological polar surface area (TPSA) is 99.1 Å². The number of carbonyl (C=O) groups excluding carboxylic acids is 2. The summed E-state index contributed by atoms with van der Waals surface area (Å²) in [5.41, 5.74) is 2.51. The minimum atomic E-state index is -1.03. The Bertz CT molecular complexity index is 427. The molecule has 2 aliphatic rings. The summed E-state index contributed by atoms with van der Waals surface area (Å²) >= 11 is 0. The van der Waals surface area contributed by atoms with Gasteiger partial charge in [-0.25, -0.2) is 5.43 Å². The first kappa shape index (κ1) is 13.5. The molecule has 1 aliphatic carbocycles. The van der Waals surface area contributed by atoms with Crippen LogP contribution in [-0.4, -0.2) is 46.1 Å². The van der Waals surface area contributed by atoms with Crippen LogP contribution in [0.1, 0.15) is 38.5 Å². The highest BCUT2D eigenvalue weighted by molar-refractivity contribution is 6.39. The van der Waals surface area contributed by atoms with Crippen molar-refractivity contribution in [3.8, 4) is 0 Å². The summed E-state index contributed by atoms with van der Waals surface area (Å²) in [7, 11) is 0. The molecule has 1 aliphatic heterocycles. The Balaban J connectivity index is 2.10. The zero-order chi connectivity index (χ0) is 13.8. The van der Waals surface area contributed by atoms with Gasteiger partial charge in [-0.3, -0.25) is 14.4 Å². The van der Waals surface area contributed by atoms with Gasteiger partial charge in [0.15, 0.2) is 0 Å². The number of carboxylic acids is 1. The van der Waals surface area contributed by atoms with Gasteiger partial charge in [0.25, 0.3) is 5.91 Å². The Labute approximate surface area is 110 Å². The summed E-state index contributed by atoms with van der Waals surface area (Å²) in [5, 5.41) is 12.7. The zero-order valence-electron chi connectivity index (χ0n) is 10.6. The maximum Gasteiger partial charge on any atom is 0.323 e. The molecule has 1 heterocycles. The van der Waals surface area contributed by atoms with Gasteiger partial charge in [0.1, 0.15) is 12.3 Å². The summed E-state index contributed by atoms with van der Waals surface area (Å²) in [6.07, 6.45) is 4.18. The lowest BCUT2D eigenvalue weighted by Crippen LogP contribution is -2.47. The molecule has 0 bridgehead atoms. The average molecular weight is 267 g/mol. The summed E-state index contributed by atoms with van der Waals surface area (Å²) in [6.45, 7) is -0.309. The smallest absolute Gasteiger partial charge is 0.323 e. The molecular formula is C12H17N3O4. The highest BCUT2D eigenvalue weighted by atomic mass is 16.4. The number of nitrogens with zero attached hydrogens (tertiary/aromatic N) is 2. The van der Waals surface area contributed by atoms with Crippen molar-refractivity contribution in [3.63, 3.8) is 0 Å². The van der Waals surface area contributed by atoms with Gasteiger partial charge in [-0.15, -0.1) is 0 Å². The fourth-order valence-corrected chi connectivity index (χ4v) is 2.52. The number of aliphatic carboxylic acids is 1. The predicted molar refractivity (Wildman–Crippen MR) is 66.4 cm³/mol. The molecule has 0 radical (unpaired) electrons. The number of carboxylic acid groups (broad SMARTS) is 1. The van der Waals surface area contributed by atoms with E-state index in [-0.39, 0.29) is 43.0 Å². The van der Waals surface area contributed by atoms with E-state index in [4.69, 9.17) is 5.11 Å². The number of hydrazone groups is 1. The van der Waals surface area contributed by atoms with Crippen molar-refractivity contribution in [2.75, 3.05) is 6.54 Å². The summed E-state index contributed by atoms with van der Waals surface area (Å²) in [6, 6.07) is -0.0241. The van der Waals surface area contributed by atoms with Gasteiger partial charge in [0.05, 0.1) is 0 Å². The minimum absolute atomic E-state index is 0.0241. The van der Waals surface area contributed by atoms with Crippen molar-refractivity contribution >= 4 is 23.5 Å². The van der Waals surface area contributed by atoms with Crippen molar-refractivity contribution in [3.05, 3.63) is 0 Å². The van der Waals surface area contributed by atoms with Crippen LogP contribution in [0.3, 0.4) is 0 Å². The van der Waals surface area contributed by atoms with Crippen molar-refractivity contribution in [1.82, 2.24) is 10.3 Å². The van der Waals surface area contributed by atoms with Crippen molar-refractivity contribution < 1.29 is 19.5 Å². The van der Waals surface area contributed by atoms with E-state index in [2.05, 4.69) is 10.5 Å². The monoisotopic (exact) mass is 267 g/mol. The van der Waals surface area contributed by atoms with Crippen LogP contribution in [-0.2, 0) is 14.4 Å². The first-order valence-electron chi connectivity index (χ1n) is 6.46. The number of hydrogen-bond donors (Lipinski definition) is 2. The van der Waals surface area contributed by atoms with E-state index in [0.717, 1.165) is 25.7 Å². The van der Waals surface area contributed by atoms with Gasteiger partial charge in [-0.05, 0) is 12.8 Å². The van der Waals surface area contributed by atoms with E-state index in [0.29, 0.717) is 0 Å². The summed E-state index contributed by atoms with van der Waals surface area (Å²) in [5.74, 6) is -1.61. The maximum atomic E-state index is 12.3. The molecule has 7 heteroatoms. The molecule has 0 unspecified atom stereocenters. The number of rotatable bonds is 4. The standard InChI is InChI=1S/C12H17N3O4/c16-10-6-5-9(13-14-10)12(19)15(7-11(17)18)8-3-1-2-4-8/h8H,1-7H2,(H,14,16)(H,17,18). The molecule has 7 nitrogen and oxygen atoms in total. The van der Waals surface area contributed by atoms with Crippen molar-refractivity contribution in [2.45, 2.75) is 44.6 Å². The van der Waals surface area contributed by atoms with E-state index < -0.39 is 5.97 Å². The highest BCUT2D eigenvalue weighted by Gasteiger charge is 2.31. The quantitative estimate of drug-likeness (QED) is 0.755. The molecule has 19 heavy (non-hydrogen) atoms. The van der Waals surface area contributed by atoms with Crippen LogP contribution in [0.15, 0.2) is 5.10 Å². The third-order valence-electron chi connectivity index (χ3n) is 3.48. The van der Waals surface area contributed by atoms with Crippen LogP contribution in [0, 0.1) is 0 Å². The van der Waals surface area contributed by atoms with E-state index in [1.165, 1.54) is 4.90 Å². The number of amides is 2. The van der Waals surface area contributed by atoms with Gasteiger partial charge in [-0.2, -0.15) is 5.10 Å². The van der Waals surface area contributed by atoms with E-state index in [1.54, 1.807) is 0 Å². The molecule has 1 fully saturated rings. The minimum Gasteiger partial charge on any atom is -0.480 e. The van der Waals surface area contributed by atoms with Crippen LogP contribution in [0.2, 0.25) is 0 Å². The molecule has 2 rings (SSSR count). The lowest BCUT2D eigenvalue weighted by atomic mass is 10.1. The largest absolute Gasteiger partial charge is 0.480 e. The second-order valence-corrected chi connectivity index (χ2v) is 4.86. The first-order valence-corrected chi connectivity index (χ1v) is 6.46. The molecular weight excluding hydrogens is 250 g/mol. The zero-order valence-corrected chi connectivity index (χ0v) is 10.6. The lowest BCUT2D eigenvalue weighted by Gasteiger charge is -2.28. The number of hydrogen-bond acceptors (Lipinski definition) is 4. The lowest BCUT2D eigenvalue weighted by molar-refractivity contribution is -0.143. The Morgan fingerprint density at radius 3 is 2.53 bits per heavy atom. The summed E-state index contributed by atoms with van der Waals surface area (Å²) < 4.78 is 0. The maximum absolute atomic E-state index is 12.3. The SMILES string of the molecule is O=C(O)CN(C(=O)C1=NNC(=O)CC1)C1CCCC1. The van der Waals surface area contributed by atoms with Crippen LogP contribution in [0.5, 0.6) is 0 Å². The van der Waals surface area contributed by atoms with Crippen LogP contribution >= 0.6 is 0 Å². The van der Waals surface area contributed by atoms with Gasteiger partial charge in [0, 0.05) is 18.9 Å². The molecule has 104 valence electrons. The Morgan fingerprint density at radius 1 is 1.32 bits per heavy atom. The van der Waals surface area contributed by atoms with E-state index in [1.807, 2.05) is 0 Å². The van der Waals surface area contributed by atoms with Gasteiger partial charge in [-0.1, -0.05) is 12.8 Å². The van der Waals surface area contributed by atoms with Gasteiger partial charge >= 0.3 is 5.97 Å². The van der Waals surface area contributed by atoms with E-state index >= 15 is 0 Å². The molecule has 1 saturated carbocycles. The first-order chi connectivity index (χ1) is 9.08. The third kappa shape index (κ3) is 3.30. The molecule has 0 atom stereocenters. The van der Waals surface area contributed by atoms with Crippen molar-refractivity contribution in [1.29, 1.82) is 0 Å². The van der Waals surface area contributed by atoms with Crippen LogP contribution in [0.4, 0.5) is 0 Å². The second kappa shape index (κ2) is 5.81. The number of nitrogens with one attached hydrogen (secondary N) is 1. The third-order valence-corrected chi connectivity index (χ3v) is 3.48. The van der Waals surface area contributed by atoms with E-state index in [9.17, 15) is 14.4 Å². The molecule has 0 aromatic carbocycles. The Kier molecular flexibility index (Phi) is 4.13. The fraction of sp³-hybridized carbons (Fsp3) is 0.667. The predicted octanol–water partition coefficient (Wildman–Crippen LogP) is 0.108. The molecule has 0 aromatic heterocycles. The molecule has 0 aromatic rings.